The van der Waals surface area contributed by atoms with Crippen molar-refractivity contribution in [3.63, 3.8) is 0 Å². The number of fused-ring (bicyclic) bond motifs is 1. The molecule has 1 aromatic rings. The van der Waals surface area contributed by atoms with Crippen molar-refractivity contribution in [2.24, 2.45) is 5.41 Å². The summed E-state index contributed by atoms with van der Waals surface area (Å²) in [7, 11) is -4.28. The third-order valence-electron chi connectivity index (χ3n) is 5.66. The van der Waals surface area contributed by atoms with E-state index in [0.717, 1.165) is 29.8 Å². The summed E-state index contributed by atoms with van der Waals surface area (Å²) in [6, 6.07) is 0.199. The fourth-order valence-corrected chi connectivity index (χ4v) is 4.89. The van der Waals surface area contributed by atoms with E-state index in [2.05, 4.69) is 28.8 Å². The Morgan fingerprint density at radius 3 is 2.15 bits per heavy atom. The van der Waals surface area contributed by atoms with Gasteiger partial charge in [0.25, 0.3) is 0 Å². The molecule has 1 atom stereocenters. The van der Waals surface area contributed by atoms with E-state index in [1.54, 1.807) is 27.7 Å². The van der Waals surface area contributed by atoms with E-state index in [1.807, 2.05) is 32.4 Å². The number of rotatable bonds is 6. The van der Waals surface area contributed by atoms with Gasteiger partial charge in [-0.3, -0.25) is 9.52 Å². The molecule has 3 N–H and O–H groups in total. The number of ether oxygens (including phenoxy) is 1. The van der Waals surface area contributed by atoms with E-state index in [-0.39, 0.29) is 11.9 Å². The molecule has 1 heterocycles. The van der Waals surface area contributed by atoms with Crippen LogP contribution in [-0.4, -0.2) is 38.6 Å². The molecule has 1 unspecified atom stereocenters. The van der Waals surface area contributed by atoms with Crippen molar-refractivity contribution in [1.29, 1.82) is 0 Å². The molecule has 0 saturated carbocycles. The molecule has 9 nitrogen and oxygen atoms in total. The van der Waals surface area contributed by atoms with E-state index in [0.29, 0.717) is 23.4 Å². The highest BCUT2D eigenvalue weighted by atomic mass is 32.2. The number of hydrogen-bond donors (Lipinski definition) is 3. The molecule has 0 aromatic heterocycles. The van der Waals surface area contributed by atoms with Crippen molar-refractivity contribution in [2.75, 3.05) is 21.5 Å². The summed E-state index contributed by atoms with van der Waals surface area (Å²) in [6.07, 6.45) is 0.581. The van der Waals surface area contributed by atoms with Crippen molar-refractivity contribution in [3.05, 3.63) is 16.7 Å². The molecule has 0 aliphatic carbocycles. The fourth-order valence-electron chi connectivity index (χ4n) is 4.00. The molecule has 1 aliphatic heterocycles. The summed E-state index contributed by atoms with van der Waals surface area (Å²) in [5.41, 5.74) is 2.71. The lowest BCUT2D eigenvalue weighted by Crippen LogP contribution is -2.39. The van der Waals surface area contributed by atoms with Crippen LogP contribution in [0.4, 0.5) is 21.9 Å². The van der Waals surface area contributed by atoms with Crippen molar-refractivity contribution in [1.82, 2.24) is 4.72 Å². The lowest BCUT2D eigenvalue weighted by Gasteiger charge is -2.30. The van der Waals surface area contributed by atoms with E-state index in [1.165, 1.54) is 0 Å². The second kappa shape index (κ2) is 9.64. The van der Waals surface area contributed by atoms with Gasteiger partial charge in [0.1, 0.15) is 5.60 Å². The highest BCUT2D eigenvalue weighted by molar-refractivity contribution is 7.91. The Labute approximate surface area is 204 Å². The number of hydrogen-bond acceptors (Lipinski definition) is 6. The second-order valence-electron chi connectivity index (χ2n) is 11.0. The standard InChI is InChI=1S/C24H40N4O5S/c1-11-12-28-14(2)13-17-15(3)18(26-34(31,32)27-22(30)33-24(8,9)10)16(4)19(20(17)28)25-21(29)23(5,6)7/h14,26H,11-13H2,1-10H3,(H,25,29)(H,27,30). The minimum absolute atomic E-state index is 0.168. The zero-order chi connectivity index (χ0) is 26.2. The first-order valence-electron chi connectivity index (χ1n) is 11.7. The van der Waals surface area contributed by atoms with Gasteiger partial charge < -0.3 is 15.0 Å². The van der Waals surface area contributed by atoms with Crippen LogP contribution in [0.5, 0.6) is 0 Å². The Balaban J connectivity index is 2.58. The summed E-state index contributed by atoms with van der Waals surface area (Å²) < 4.78 is 35.1. The first kappa shape index (κ1) is 27.8. The van der Waals surface area contributed by atoms with Crippen molar-refractivity contribution in [3.8, 4) is 0 Å². The number of nitrogens with zero attached hydrogens (tertiary/aromatic N) is 1. The molecule has 10 heteroatoms. The van der Waals surface area contributed by atoms with Crippen LogP contribution >= 0.6 is 0 Å². The van der Waals surface area contributed by atoms with Gasteiger partial charge in [-0.15, -0.1) is 0 Å². The molecule has 0 saturated heterocycles. The summed E-state index contributed by atoms with van der Waals surface area (Å²) in [4.78, 5) is 27.3. The molecule has 1 aromatic carbocycles. The molecular formula is C24H40N4O5S. The molecule has 34 heavy (non-hydrogen) atoms. The zero-order valence-corrected chi connectivity index (χ0v) is 22.9. The van der Waals surface area contributed by atoms with Crippen LogP contribution in [0.25, 0.3) is 0 Å². The average molecular weight is 497 g/mol. The Morgan fingerprint density at radius 2 is 1.65 bits per heavy atom. The van der Waals surface area contributed by atoms with Gasteiger partial charge in [0.2, 0.25) is 5.91 Å². The van der Waals surface area contributed by atoms with Gasteiger partial charge >= 0.3 is 16.3 Å². The quantitative estimate of drug-likeness (QED) is 0.529. The molecule has 2 amide bonds. The molecule has 192 valence electrons. The van der Waals surface area contributed by atoms with Gasteiger partial charge in [0.05, 0.1) is 17.1 Å². The monoisotopic (exact) mass is 496 g/mol. The van der Waals surface area contributed by atoms with Crippen LogP contribution in [0.2, 0.25) is 0 Å². The lowest BCUT2D eigenvalue weighted by molar-refractivity contribution is -0.123. The number of amides is 2. The summed E-state index contributed by atoms with van der Waals surface area (Å²) in [5, 5.41) is 3.06. The molecule has 0 bridgehead atoms. The molecule has 2 rings (SSSR count). The van der Waals surface area contributed by atoms with E-state index >= 15 is 0 Å². The van der Waals surface area contributed by atoms with Crippen LogP contribution in [-0.2, 0) is 26.2 Å². The van der Waals surface area contributed by atoms with E-state index in [9.17, 15) is 18.0 Å². The van der Waals surface area contributed by atoms with Gasteiger partial charge in [0, 0.05) is 18.0 Å². The average Bonchev–Trinajstić information content (AvgIpc) is 2.96. The van der Waals surface area contributed by atoms with Crippen molar-refractivity contribution < 1.29 is 22.7 Å². The molecule has 0 fully saturated rings. The van der Waals surface area contributed by atoms with Gasteiger partial charge in [0.15, 0.2) is 0 Å². The smallest absolute Gasteiger partial charge is 0.422 e. The second-order valence-corrected chi connectivity index (χ2v) is 12.4. The normalized spacial score (nSPS) is 16.2. The predicted molar refractivity (Wildman–Crippen MR) is 137 cm³/mol. The van der Waals surface area contributed by atoms with E-state index in [4.69, 9.17) is 4.74 Å². The van der Waals surface area contributed by atoms with Crippen LogP contribution < -0.4 is 19.7 Å². The van der Waals surface area contributed by atoms with Gasteiger partial charge in [-0.1, -0.05) is 27.7 Å². The maximum atomic E-state index is 13.0. The van der Waals surface area contributed by atoms with Gasteiger partial charge in [-0.2, -0.15) is 8.42 Å². The van der Waals surface area contributed by atoms with Gasteiger partial charge in [-0.25, -0.2) is 9.52 Å². The molecular weight excluding hydrogens is 456 g/mol. The number of benzene rings is 1. The summed E-state index contributed by atoms with van der Waals surface area (Å²) in [5.74, 6) is -0.168. The highest BCUT2D eigenvalue weighted by Gasteiger charge is 2.35. The van der Waals surface area contributed by atoms with Crippen LogP contribution in [0.1, 0.15) is 78.5 Å². The maximum Gasteiger partial charge on any atom is 0.422 e. The largest absolute Gasteiger partial charge is 0.443 e. The first-order chi connectivity index (χ1) is 15.4. The SMILES string of the molecule is CCCN1c2c(c(C)c(NS(=O)(=O)NC(=O)OC(C)(C)C)c(C)c2NC(=O)C(C)(C)C)CC1C. The van der Waals surface area contributed by atoms with Crippen LogP contribution in [0, 0.1) is 19.3 Å². The molecule has 1 aliphatic rings. The topological polar surface area (TPSA) is 117 Å². The van der Waals surface area contributed by atoms with E-state index < -0.39 is 27.3 Å². The first-order valence-corrected chi connectivity index (χ1v) is 13.1. The minimum Gasteiger partial charge on any atom is -0.443 e. The zero-order valence-electron chi connectivity index (χ0n) is 22.1. The fraction of sp³-hybridized carbons (Fsp3) is 0.667. The number of nitrogens with one attached hydrogen (secondary N) is 3. The van der Waals surface area contributed by atoms with Crippen molar-refractivity contribution >= 4 is 39.3 Å². The Kier molecular flexibility index (Phi) is 7.87. The van der Waals surface area contributed by atoms with Crippen LogP contribution in [0.15, 0.2) is 0 Å². The Hall–Kier alpha value is -2.49. The minimum atomic E-state index is -4.28. The van der Waals surface area contributed by atoms with Crippen LogP contribution in [0.3, 0.4) is 0 Å². The predicted octanol–water partition coefficient (Wildman–Crippen LogP) is 4.63. The maximum absolute atomic E-state index is 13.0. The molecule has 0 radical (unpaired) electrons. The third-order valence-corrected chi connectivity index (χ3v) is 6.56. The summed E-state index contributed by atoms with van der Waals surface area (Å²) in [6.45, 7) is 19.1. The highest BCUT2D eigenvalue weighted by Crippen LogP contribution is 2.47. The lowest BCUT2D eigenvalue weighted by atomic mass is 9.93. The third kappa shape index (κ3) is 6.34. The van der Waals surface area contributed by atoms with Crippen molar-refractivity contribution in [2.45, 2.75) is 93.7 Å². The number of anilines is 3. The Bertz CT molecular complexity index is 1070. The molecule has 0 spiro atoms. The number of carbonyl (C=O) groups excluding carboxylic acids is 2. The summed E-state index contributed by atoms with van der Waals surface area (Å²) >= 11 is 0. The Morgan fingerprint density at radius 1 is 1.06 bits per heavy atom. The van der Waals surface area contributed by atoms with Gasteiger partial charge in [-0.05, 0) is 71.1 Å². The number of carbonyl (C=O) groups is 2.